The second-order valence-electron chi connectivity index (χ2n) is 6.89. The highest BCUT2D eigenvalue weighted by atomic mass is 15.1. The Morgan fingerprint density at radius 3 is 2.47 bits per heavy atom. The molecule has 0 aromatic heterocycles. The lowest BCUT2D eigenvalue weighted by Crippen LogP contribution is -2.26. The summed E-state index contributed by atoms with van der Waals surface area (Å²) in [6.07, 6.45) is 2.33. The molecule has 0 radical (unpaired) electrons. The van der Waals surface area contributed by atoms with Gasteiger partial charge in [0.15, 0.2) is 0 Å². The Morgan fingerprint density at radius 2 is 1.89 bits per heavy atom. The highest BCUT2D eigenvalue weighted by molar-refractivity contribution is 5.27. The summed E-state index contributed by atoms with van der Waals surface area (Å²) in [7, 11) is 0. The normalized spacial score (nSPS) is 20.9. The van der Waals surface area contributed by atoms with Gasteiger partial charge in [-0.05, 0) is 48.4 Å². The van der Waals surface area contributed by atoms with Crippen LogP contribution >= 0.6 is 0 Å². The van der Waals surface area contributed by atoms with Crippen LogP contribution in [0.1, 0.15) is 38.3 Å². The van der Waals surface area contributed by atoms with E-state index >= 15 is 0 Å². The fraction of sp³-hybridized carbons (Fsp3) is 0.647. The fourth-order valence-corrected chi connectivity index (χ4v) is 3.04. The number of likely N-dealkylation sites (tertiary alicyclic amines) is 1. The van der Waals surface area contributed by atoms with E-state index < -0.39 is 0 Å². The zero-order chi connectivity index (χ0) is 13.9. The van der Waals surface area contributed by atoms with E-state index in [2.05, 4.69) is 49.9 Å². The minimum absolute atomic E-state index is 0.436. The molecule has 1 aromatic carbocycles. The summed E-state index contributed by atoms with van der Waals surface area (Å²) in [5, 5.41) is 0. The van der Waals surface area contributed by atoms with Crippen LogP contribution in [0, 0.1) is 11.3 Å². The second-order valence-corrected chi connectivity index (χ2v) is 6.89. The maximum absolute atomic E-state index is 5.70. The molecule has 2 rings (SSSR count). The third-order valence-electron chi connectivity index (χ3n) is 4.42. The molecule has 1 aromatic rings. The number of hydrogen-bond acceptors (Lipinski definition) is 2. The molecule has 1 fully saturated rings. The summed E-state index contributed by atoms with van der Waals surface area (Å²) in [5.41, 5.74) is 9.02. The molecule has 2 nitrogen and oxygen atoms in total. The van der Waals surface area contributed by atoms with Crippen LogP contribution in [0.3, 0.4) is 0 Å². The van der Waals surface area contributed by atoms with Crippen molar-refractivity contribution in [3.8, 4) is 0 Å². The number of nitrogens with zero attached hydrogens (tertiary/aromatic N) is 1. The van der Waals surface area contributed by atoms with Gasteiger partial charge in [-0.15, -0.1) is 0 Å². The van der Waals surface area contributed by atoms with Gasteiger partial charge in [-0.1, -0.05) is 45.0 Å². The van der Waals surface area contributed by atoms with Crippen LogP contribution in [-0.4, -0.2) is 24.5 Å². The Hall–Kier alpha value is -0.860. The van der Waals surface area contributed by atoms with Gasteiger partial charge in [0.1, 0.15) is 0 Å². The van der Waals surface area contributed by atoms with Gasteiger partial charge >= 0.3 is 0 Å². The average molecular weight is 260 g/mol. The van der Waals surface area contributed by atoms with Gasteiger partial charge in [-0.3, -0.25) is 4.90 Å². The summed E-state index contributed by atoms with van der Waals surface area (Å²) < 4.78 is 0. The number of hydrogen-bond donors (Lipinski definition) is 1. The summed E-state index contributed by atoms with van der Waals surface area (Å²) in [5.74, 6) is 0.828. The van der Waals surface area contributed by atoms with Crippen molar-refractivity contribution >= 4 is 0 Å². The summed E-state index contributed by atoms with van der Waals surface area (Å²) in [4.78, 5) is 2.60. The van der Waals surface area contributed by atoms with Crippen molar-refractivity contribution in [3.63, 3.8) is 0 Å². The SMILES string of the molecule is CC(C)(C)C1CCN(Cc2ccccc2CCN)C1. The highest BCUT2D eigenvalue weighted by Crippen LogP contribution is 2.34. The van der Waals surface area contributed by atoms with E-state index in [1.807, 2.05) is 0 Å². The Labute approximate surface area is 118 Å². The van der Waals surface area contributed by atoms with Gasteiger partial charge in [0.2, 0.25) is 0 Å². The van der Waals surface area contributed by atoms with Crippen molar-refractivity contribution in [3.05, 3.63) is 35.4 Å². The van der Waals surface area contributed by atoms with Crippen LogP contribution in [0.15, 0.2) is 24.3 Å². The van der Waals surface area contributed by atoms with Gasteiger partial charge in [-0.2, -0.15) is 0 Å². The Balaban J connectivity index is 1.99. The van der Waals surface area contributed by atoms with Crippen molar-refractivity contribution in [2.24, 2.45) is 17.1 Å². The van der Waals surface area contributed by atoms with E-state index in [9.17, 15) is 0 Å². The monoisotopic (exact) mass is 260 g/mol. The van der Waals surface area contributed by atoms with Crippen LogP contribution in [0.5, 0.6) is 0 Å². The second kappa shape index (κ2) is 6.06. The molecule has 1 unspecified atom stereocenters. The summed E-state index contributed by atoms with van der Waals surface area (Å²) in [6.45, 7) is 11.4. The molecule has 19 heavy (non-hydrogen) atoms. The predicted molar refractivity (Wildman–Crippen MR) is 82.0 cm³/mol. The van der Waals surface area contributed by atoms with E-state index in [0.717, 1.165) is 25.4 Å². The van der Waals surface area contributed by atoms with Crippen molar-refractivity contribution in [2.75, 3.05) is 19.6 Å². The van der Waals surface area contributed by atoms with Crippen LogP contribution in [-0.2, 0) is 13.0 Å². The standard InChI is InChI=1S/C17H28N2/c1-17(2,3)16-9-11-19(13-16)12-15-7-5-4-6-14(15)8-10-18/h4-7,16H,8-13,18H2,1-3H3. The van der Waals surface area contributed by atoms with Gasteiger partial charge in [-0.25, -0.2) is 0 Å². The van der Waals surface area contributed by atoms with Gasteiger partial charge in [0.25, 0.3) is 0 Å². The molecule has 1 atom stereocenters. The molecule has 2 heteroatoms. The molecular formula is C17H28N2. The van der Waals surface area contributed by atoms with E-state index in [1.54, 1.807) is 0 Å². The molecule has 1 aliphatic heterocycles. The van der Waals surface area contributed by atoms with E-state index in [0.29, 0.717) is 5.41 Å². The number of rotatable bonds is 4. The molecule has 0 saturated carbocycles. The third kappa shape index (κ3) is 3.80. The van der Waals surface area contributed by atoms with Crippen LogP contribution in [0.4, 0.5) is 0 Å². The molecule has 0 aliphatic carbocycles. The minimum atomic E-state index is 0.436. The van der Waals surface area contributed by atoms with E-state index in [-0.39, 0.29) is 0 Å². The molecule has 106 valence electrons. The smallest absolute Gasteiger partial charge is 0.0236 e. The number of nitrogens with two attached hydrogens (primary N) is 1. The molecule has 1 heterocycles. The molecule has 0 amide bonds. The van der Waals surface area contributed by atoms with Crippen LogP contribution < -0.4 is 5.73 Å². The third-order valence-corrected chi connectivity index (χ3v) is 4.42. The first kappa shape index (κ1) is 14.5. The van der Waals surface area contributed by atoms with Crippen molar-refractivity contribution < 1.29 is 0 Å². The Morgan fingerprint density at radius 1 is 1.21 bits per heavy atom. The number of benzene rings is 1. The quantitative estimate of drug-likeness (QED) is 0.901. The average Bonchev–Trinajstić information content (AvgIpc) is 2.80. The lowest BCUT2D eigenvalue weighted by molar-refractivity contribution is 0.226. The maximum Gasteiger partial charge on any atom is 0.0236 e. The molecule has 0 spiro atoms. The van der Waals surface area contributed by atoms with Crippen molar-refractivity contribution in [1.82, 2.24) is 4.90 Å². The highest BCUT2D eigenvalue weighted by Gasteiger charge is 2.31. The Bertz CT molecular complexity index is 406. The van der Waals surface area contributed by atoms with Gasteiger partial charge < -0.3 is 5.73 Å². The molecule has 1 saturated heterocycles. The summed E-state index contributed by atoms with van der Waals surface area (Å²) in [6, 6.07) is 8.75. The Kier molecular flexibility index (Phi) is 4.64. The zero-order valence-electron chi connectivity index (χ0n) is 12.7. The zero-order valence-corrected chi connectivity index (χ0v) is 12.7. The first-order valence-electron chi connectivity index (χ1n) is 7.50. The first-order valence-corrected chi connectivity index (χ1v) is 7.50. The molecule has 2 N–H and O–H groups in total. The fourth-order valence-electron chi connectivity index (χ4n) is 3.04. The van der Waals surface area contributed by atoms with Crippen LogP contribution in [0.25, 0.3) is 0 Å². The molecular weight excluding hydrogens is 232 g/mol. The van der Waals surface area contributed by atoms with E-state index in [1.165, 1.54) is 30.6 Å². The molecule has 1 aliphatic rings. The predicted octanol–water partition coefficient (Wildman–Crippen LogP) is 3.06. The van der Waals surface area contributed by atoms with Gasteiger partial charge in [0, 0.05) is 13.1 Å². The van der Waals surface area contributed by atoms with Crippen molar-refractivity contribution in [2.45, 2.75) is 40.2 Å². The summed E-state index contributed by atoms with van der Waals surface area (Å²) >= 11 is 0. The first-order chi connectivity index (χ1) is 9.00. The lowest BCUT2D eigenvalue weighted by Gasteiger charge is -2.27. The largest absolute Gasteiger partial charge is 0.330 e. The van der Waals surface area contributed by atoms with Gasteiger partial charge in [0.05, 0.1) is 0 Å². The maximum atomic E-state index is 5.70. The van der Waals surface area contributed by atoms with E-state index in [4.69, 9.17) is 5.73 Å². The molecule has 0 bridgehead atoms. The lowest BCUT2D eigenvalue weighted by atomic mass is 9.80. The minimum Gasteiger partial charge on any atom is -0.330 e. The van der Waals surface area contributed by atoms with Crippen LogP contribution in [0.2, 0.25) is 0 Å². The van der Waals surface area contributed by atoms with Crippen molar-refractivity contribution in [1.29, 1.82) is 0 Å². The topological polar surface area (TPSA) is 29.3 Å².